The van der Waals surface area contributed by atoms with Gasteiger partial charge in [0.2, 0.25) is 5.91 Å². The van der Waals surface area contributed by atoms with Gasteiger partial charge in [0, 0.05) is 57.6 Å². The summed E-state index contributed by atoms with van der Waals surface area (Å²) in [7, 11) is 1.77. The minimum Gasteiger partial charge on any atom is -0.337 e. The summed E-state index contributed by atoms with van der Waals surface area (Å²) in [6.45, 7) is 2.83. The highest BCUT2D eigenvalue weighted by Gasteiger charge is 2.48. The molecule has 1 saturated heterocycles. The Morgan fingerprint density at radius 1 is 1.13 bits per heavy atom. The van der Waals surface area contributed by atoms with Crippen LogP contribution in [0.2, 0.25) is 0 Å². The molecular formula is C30H33F3N4O2. The number of aromatic nitrogens is 2. The average Bonchev–Trinajstić information content (AvgIpc) is 3.30. The van der Waals surface area contributed by atoms with Crippen LogP contribution in [0.25, 0.3) is 10.9 Å². The van der Waals surface area contributed by atoms with Crippen molar-refractivity contribution in [2.45, 2.75) is 57.8 Å². The second-order valence-electron chi connectivity index (χ2n) is 11.7. The number of aryl methyl sites for hydroxylation is 1. The van der Waals surface area contributed by atoms with Gasteiger partial charge in [-0.2, -0.15) is 13.2 Å². The lowest BCUT2D eigenvalue weighted by molar-refractivity contribution is -0.144. The highest BCUT2D eigenvalue weighted by molar-refractivity contribution is 5.84. The molecule has 1 atom stereocenters. The van der Waals surface area contributed by atoms with Gasteiger partial charge >= 0.3 is 6.18 Å². The van der Waals surface area contributed by atoms with Gasteiger partial charge in [-0.25, -0.2) is 0 Å². The molecule has 39 heavy (non-hydrogen) atoms. The summed E-state index contributed by atoms with van der Waals surface area (Å²) in [5.41, 5.74) is 1.85. The van der Waals surface area contributed by atoms with Crippen LogP contribution in [-0.4, -0.2) is 44.9 Å². The lowest BCUT2D eigenvalue weighted by Crippen LogP contribution is -2.48. The Kier molecular flexibility index (Phi) is 6.52. The smallest absolute Gasteiger partial charge is 0.337 e. The molecule has 2 fully saturated rings. The number of rotatable bonds is 5. The first-order valence-corrected chi connectivity index (χ1v) is 13.8. The third-order valence-corrected chi connectivity index (χ3v) is 9.04. The molecule has 1 amide bonds. The minimum atomic E-state index is -4.46. The van der Waals surface area contributed by atoms with Gasteiger partial charge < -0.3 is 9.47 Å². The van der Waals surface area contributed by atoms with E-state index in [1.807, 2.05) is 18.2 Å². The van der Waals surface area contributed by atoms with Crippen LogP contribution in [0.15, 0.2) is 47.4 Å². The fraction of sp³-hybridized carbons (Fsp3) is 0.500. The number of nitrogens with zero attached hydrogens (tertiary/aromatic N) is 4. The summed E-state index contributed by atoms with van der Waals surface area (Å²) in [6, 6.07) is 10.7. The number of hydrogen-bond donors (Lipinski definition) is 0. The first-order chi connectivity index (χ1) is 18.6. The first-order valence-electron chi connectivity index (χ1n) is 13.8. The lowest BCUT2D eigenvalue weighted by Gasteiger charge is -2.40. The van der Waals surface area contributed by atoms with Crippen molar-refractivity contribution in [1.29, 1.82) is 0 Å². The van der Waals surface area contributed by atoms with Gasteiger partial charge in [0.05, 0.1) is 16.5 Å². The van der Waals surface area contributed by atoms with Gasteiger partial charge in [0.25, 0.3) is 5.56 Å². The number of benzene rings is 1. The van der Waals surface area contributed by atoms with Gasteiger partial charge in [0.15, 0.2) is 0 Å². The highest BCUT2D eigenvalue weighted by Crippen LogP contribution is 2.45. The molecule has 1 aromatic carbocycles. The first kappa shape index (κ1) is 26.0. The van der Waals surface area contributed by atoms with Crippen molar-refractivity contribution in [2.24, 2.45) is 18.4 Å². The molecule has 2 aliphatic heterocycles. The van der Waals surface area contributed by atoms with Crippen molar-refractivity contribution in [1.82, 2.24) is 19.4 Å². The van der Waals surface area contributed by atoms with Crippen LogP contribution in [0.3, 0.4) is 0 Å². The van der Waals surface area contributed by atoms with E-state index in [0.717, 1.165) is 61.0 Å². The highest BCUT2D eigenvalue weighted by atomic mass is 19.4. The summed E-state index contributed by atoms with van der Waals surface area (Å²) >= 11 is 0. The van der Waals surface area contributed by atoms with Crippen LogP contribution < -0.4 is 5.56 Å². The molecule has 1 unspecified atom stereocenters. The zero-order valence-corrected chi connectivity index (χ0v) is 22.1. The number of likely N-dealkylation sites (tertiary alicyclic amines) is 1. The molecule has 3 aliphatic rings. The maximum absolute atomic E-state index is 14.2. The van der Waals surface area contributed by atoms with Crippen molar-refractivity contribution in [3.63, 3.8) is 0 Å². The van der Waals surface area contributed by atoms with E-state index in [1.165, 1.54) is 6.42 Å². The number of halogens is 3. The molecule has 0 bridgehead atoms. The fourth-order valence-corrected chi connectivity index (χ4v) is 6.65. The second kappa shape index (κ2) is 9.77. The summed E-state index contributed by atoms with van der Waals surface area (Å²) in [5, 5.41) is 1.00. The van der Waals surface area contributed by atoms with Crippen LogP contribution in [-0.2, 0) is 37.5 Å². The number of fused-ring (bicyclic) bond motifs is 2. The molecule has 3 aromatic rings. The van der Waals surface area contributed by atoms with E-state index < -0.39 is 17.2 Å². The number of pyridine rings is 2. The quantitative estimate of drug-likeness (QED) is 0.463. The third kappa shape index (κ3) is 4.97. The zero-order chi connectivity index (χ0) is 27.4. The van der Waals surface area contributed by atoms with Crippen LogP contribution in [0, 0.1) is 11.3 Å². The van der Waals surface area contributed by atoms with Crippen LogP contribution in [0.5, 0.6) is 0 Å². The number of hydrogen-bond acceptors (Lipinski definition) is 4. The van der Waals surface area contributed by atoms with Crippen molar-refractivity contribution in [2.75, 3.05) is 19.6 Å². The van der Waals surface area contributed by atoms with Gasteiger partial charge in [-0.05, 0) is 66.1 Å². The summed E-state index contributed by atoms with van der Waals surface area (Å²) in [5.74, 6) is 0.611. The maximum atomic E-state index is 14.2. The summed E-state index contributed by atoms with van der Waals surface area (Å²) in [6.07, 6.45) is 1.99. The second-order valence-corrected chi connectivity index (χ2v) is 11.7. The third-order valence-electron chi connectivity index (χ3n) is 9.04. The van der Waals surface area contributed by atoms with E-state index in [2.05, 4.69) is 16.0 Å². The molecule has 6 nitrogen and oxygen atoms in total. The standard InChI is InChI=1S/C30H33F3N4O2/c1-35-26-7-5-21(13-22(26)6-8-27(35)38)17-36-12-10-29(19-36,15-20-3-2-4-20)28(39)37-11-9-25-23(18-37)14-24(16-34-25)30(31,32)33/h5-8,13-14,16,20H,2-4,9-12,15,17-19H2,1H3. The Balaban J connectivity index is 1.22. The number of amides is 1. The minimum absolute atomic E-state index is 0.0418. The maximum Gasteiger partial charge on any atom is 0.417 e. The Morgan fingerprint density at radius 2 is 1.95 bits per heavy atom. The number of carbonyl (C=O) groups is 1. The van der Waals surface area contributed by atoms with E-state index in [9.17, 15) is 22.8 Å². The van der Waals surface area contributed by atoms with E-state index >= 15 is 0 Å². The Hall–Kier alpha value is -3.20. The normalized spacial score (nSPS) is 22.2. The van der Waals surface area contributed by atoms with Crippen molar-refractivity contribution in [3.05, 3.63) is 75.3 Å². The number of alkyl halides is 3. The van der Waals surface area contributed by atoms with E-state index in [-0.39, 0.29) is 18.0 Å². The molecular weight excluding hydrogens is 505 g/mol. The SMILES string of the molecule is Cn1c(=O)ccc2cc(CN3CCC(CC4CCC4)(C(=O)N4CCc5ncc(C(F)(F)F)cc5C4)C3)ccc21. The monoisotopic (exact) mass is 538 g/mol. The fourth-order valence-electron chi connectivity index (χ4n) is 6.65. The van der Waals surface area contributed by atoms with E-state index in [0.29, 0.717) is 43.2 Å². The predicted octanol–water partition coefficient (Wildman–Crippen LogP) is 4.92. The van der Waals surface area contributed by atoms with Gasteiger partial charge in [-0.15, -0.1) is 0 Å². The molecule has 0 N–H and O–H groups in total. The molecule has 9 heteroatoms. The molecule has 0 radical (unpaired) electrons. The zero-order valence-electron chi connectivity index (χ0n) is 22.1. The van der Waals surface area contributed by atoms with Gasteiger partial charge in [-0.3, -0.25) is 19.5 Å². The Bertz CT molecular complexity index is 1480. The molecule has 4 heterocycles. The van der Waals surface area contributed by atoms with Crippen molar-refractivity contribution in [3.8, 4) is 0 Å². The largest absolute Gasteiger partial charge is 0.417 e. The van der Waals surface area contributed by atoms with Crippen LogP contribution in [0.1, 0.15) is 54.5 Å². The van der Waals surface area contributed by atoms with E-state index in [4.69, 9.17) is 0 Å². The topological polar surface area (TPSA) is 58.4 Å². The van der Waals surface area contributed by atoms with Crippen molar-refractivity contribution < 1.29 is 18.0 Å². The average molecular weight is 539 g/mol. The molecule has 6 rings (SSSR count). The summed E-state index contributed by atoms with van der Waals surface area (Å²) < 4.78 is 41.6. The molecule has 0 spiro atoms. The van der Waals surface area contributed by atoms with E-state index in [1.54, 1.807) is 22.6 Å². The lowest BCUT2D eigenvalue weighted by atomic mass is 9.70. The molecule has 1 aliphatic carbocycles. The van der Waals surface area contributed by atoms with Gasteiger partial charge in [-0.1, -0.05) is 25.3 Å². The van der Waals surface area contributed by atoms with Crippen LogP contribution >= 0.6 is 0 Å². The molecule has 2 aromatic heterocycles. The number of carbonyl (C=O) groups excluding carboxylic acids is 1. The Labute approximate surface area is 225 Å². The van der Waals surface area contributed by atoms with Crippen molar-refractivity contribution >= 4 is 16.8 Å². The molecule has 1 saturated carbocycles. The Morgan fingerprint density at radius 3 is 2.69 bits per heavy atom. The predicted molar refractivity (Wildman–Crippen MR) is 142 cm³/mol. The molecule has 206 valence electrons. The summed E-state index contributed by atoms with van der Waals surface area (Å²) in [4.78, 5) is 34.3. The van der Waals surface area contributed by atoms with Gasteiger partial charge in [0.1, 0.15) is 0 Å². The van der Waals surface area contributed by atoms with Crippen LogP contribution in [0.4, 0.5) is 13.2 Å².